The lowest BCUT2D eigenvalue weighted by Gasteiger charge is -2.21. The van der Waals surface area contributed by atoms with Crippen LogP contribution in [0.5, 0.6) is 0 Å². The number of imide groups is 1. The first-order chi connectivity index (χ1) is 10.1. The molecule has 0 unspecified atom stereocenters. The average molecular weight is 293 g/mol. The maximum Gasteiger partial charge on any atom is 0.316 e. The van der Waals surface area contributed by atoms with Gasteiger partial charge in [0, 0.05) is 11.6 Å². The predicted octanol–water partition coefficient (Wildman–Crippen LogP) is 0.407. The highest BCUT2D eigenvalue weighted by molar-refractivity contribution is 6.41. The SMILES string of the molecule is O=C(NC(=O)C1CCNCC1)C(=O)Nc1ccc(F)cc1. The van der Waals surface area contributed by atoms with Crippen LogP contribution in [-0.2, 0) is 14.4 Å². The van der Waals surface area contributed by atoms with Gasteiger partial charge in [-0.3, -0.25) is 19.7 Å². The van der Waals surface area contributed by atoms with Gasteiger partial charge in [0.2, 0.25) is 5.91 Å². The van der Waals surface area contributed by atoms with E-state index in [0.29, 0.717) is 25.9 Å². The van der Waals surface area contributed by atoms with Crippen LogP contribution in [0.4, 0.5) is 10.1 Å². The Kier molecular flexibility index (Phi) is 4.99. The van der Waals surface area contributed by atoms with Gasteiger partial charge in [-0.15, -0.1) is 0 Å². The molecule has 1 fully saturated rings. The van der Waals surface area contributed by atoms with Gasteiger partial charge in [0.05, 0.1) is 0 Å². The monoisotopic (exact) mass is 293 g/mol. The standard InChI is InChI=1S/C14H16FN3O3/c15-10-1-3-11(4-2-10)17-13(20)14(21)18-12(19)9-5-7-16-8-6-9/h1-4,9,16H,5-8H2,(H,17,20)(H,18,19,21). The number of amides is 3. The quantitative estimate of drug-likeness (QED) is 0.689. The highest BCUT2D eigenvalue weighted by Gasteiger charge is 2.24. The van der Waals surface area contributed by atoms with Crippen LogP contribution in [0.25, 0.3) is 0 Å². The molecule has 0 spiro atoms. The number of hydrogen-bond acceptors (Lipinski definition) is 4. The van der Waals surface area contributed by atoms with Gasteiger partial charge in [0.15, 0.2) is 0 Å². The molecule has 1 saturated heterocycles. The number of benzene rings is 1. The van der Waals surface area contributed by atoms with Crippen molar-refractivity contribution < 1.29 is 18.8 Å². The third kappa shape index (κ3) is 4.35. The fourth-order valence-corrected chi connectivity index (χ4v) is 2.08. The van der Waals surface area contributed by atoms with Gasteiger partial charge in [-0.25, -0.2) is 4.39 Å². The summed E-state index contributed by atoms with van der Waals surface area (Å²) in [5, 5.41) is 7.49. The first kappa shape index (κ1) is 15.1. The lowest BCUT2D eigenvalue weighted by atomic mass is 9.97. The lowest BCUT2D eigenvalue weighted by molar-refractivity contribution is -0.141. The van der Waals surface area contributed by atoms with Crippen molar-refractivity contribution in [2.75, 3.05) is 18.4 Å². The van der Waals surface area contributed by atoms with Crippen molar-refractivity contribution in [2.45, 2.75) is 12.8 Å². The van der Waals surface area contributed by atoms with Crippen molar-refractivity contribution in [3.8, 4) is 0 Å². The van der Waals surface area contributed by atoms with Crippen molar-refractivity contribution in [3.05, 3.63) is 30.1 Å². The molecule has 1 heterocycles. The molecule has 0 radical (unpaired) electrons. The second-order valence-corrected chi connectivity index (χ2v) is 4.80. The number of halogens is 1. The summed E-state index contributed by atoms with van der Waals surface area (Å²) in [6, 6.07) is 4.98. The summed E-state index contributed by atoms with van der Waals surface area (Å²) in [5.74, 6) is -3.10. The maximum absolute atomic E-state index is 12.7. The molecule has 112 valence electrons. The Morgan fingerprint density at radius 3 is 2.29 bits per heavy atom. The maximum atomic E-state index is 12.7. The zero-order valence-corrected chi connectivity index (χ0v) is 11.3. The zero-order valence-electron chi connectivity index (χ0n) is 11.3. The van der Waals surface area contributed by atoms with E-state index < -0.39 is 23.5 Å². The fraction of sp³-hybridized carbons (Fsp3) is 0.357. The molecule has 0 atom stereocenters. The van der Waals surface area contributed by atoms with Crippen LogP contribution in [-0.4, -0.2) is 30.8 Å². The van der Waals surface area contributed by atoms with Crippen LogP contribution in [0.3, 0.4) is 0 Å². The second-order valence-electron chi connectivity index (χ2n) is 4.80. The Morgan fingerprint density at radius 1 is 1.05 bits per heavy atom. The molecule has 21 heavy (non-hydrogen) atoms. The molecule has 0 aliphatic carbocycles. The first-order valence-corrected chi connectivity index (χ1v) is 6.69. The lowest BCUT2D eigenvalue weighted by Crippen LogP contribution is -2.44. The normalized spacial score (nSPS) is 15.3. The number of anilines is 1. The molecule has 1 aliphatic rings. The zero-order chi connectivity index (χ0) is 15.2. The molecule has 6 nitrogen and oxygen atoms in total. The van der Waals surface area contributed by atoms with Crippen LogP contribution in [0.1, 0.15) is 12.8 Å². The van der Waals surface area contributed by atoms with Crippen LogP contribution in [0.15, 0.2) is 24.3 Å². The summed E-state index contributed by atoms with van der Waals surface area (Å²) >= 11 is 0. The van der Waals surface area contributed by atoms with Gasteiger partial charge >= 0.3 is 11.8 Å². The minimum atomic E-state index is -1.01. The Balaban J connectivity index is 1.85. The van der Waals surface area contributed by atoms with Gasteiger partial charge in [-0.2, -0.15) is 0 Å². The Labute approximate surface area is 121 Å². The number of nitrogens with one attached hydrogen (secondary N) is 3. The number of hydrogen-bond donors (Lipinski definition) is 3. The smallest absolute Gasteiger partial charge is 0.316 e. The third-order valence-corrected chi connectivity index (χ3v) is 3.25. The molecule has 1 aliphatic heterocycles. The summed E-state index contributed by atoms with van der Waals surface area (Å²) in [6.45, 7) is 1.43. The highest BCUT2D eigenvalue weighted by atomic mass is 19.1. The van der Waals surface area contributed by atoms with E-state index in [1.54, 1.807) is 0 Å². The van der Waals surface area contributed by atoms with Gasteiger partial charge < -0.3 is 10.6 Å². The summed E-state index contributed by atoms with van der Waals surface area (Å²) in [5.41, 5.74) is 0.283. The van der Waals surface area contributed by atoms with Crippen molar-refractivity contribution in [1.29, 1.82) is 0 Å². The second kappa shape index (κ2) is 6.94. The molecule has 1 aromatic rings. The number of rotatable bonds is 2. The summed E-state index contributed by atoms with van der Waals surface area (Å²) in [7, 11) is 0. The van der Waals surface area contributed by atoms with E-state index in [1.807, 2.05) is 0 Å². The largest absolute Gasteiger partial charge is 0.318 e. The molecular formula is C14H16FN3O3. The van der Waals surface area contributed by atoms with Crippen molar-refractivity contribution in [3.63, 3.8) is 0 Å². The van der Waals surface area contributed by atoms with Crippen LogP contribution in [0, 0.1) is 11.7 Å². The van der Waals surface area contributed by atoms with E-state index in [0.717, 1.165) is 12.1 Å². The molecule has 1 aromatic carbocycles. The van der Waals surface area contributed by atoms with Crippen LogP contribution >= 0.6 is 0 Å². The van der Waals surface area contributed by atoms with Crippen molar-refractivity contribution in [1.82, 2.24) is 10.6 Å². The minimum absolute atomic E-state index is 0.256. The molecule has 2 rings (SSSR count). The van der Waals surface area contributed by atoms with E-state index in [4.69, 9.17) is 0 Å². The van der Waals surface area contributed by atoms with E-state index >= 15 is 0 Å². The summed E-state index contributed by atoms with van der Waals surface area (Å²) in [4.78, 5) is 35.1. The topological polar surface area (TPSA) is 87.3 Å². The minimum Gasteiger partial charge on any atom is -0.318 e. The summed E-state index contributed by atoms with van der Waals surface area (Å²) in [6.07, 6.45) is 1.28. The number of piperidine rings is 1. The molecule has 0 aromatic heterocycles. The Bertz CT molecular complexity index is 539. The van der Waals surface area contributed by atoms with Crippen molar-refractivity contribution in [2.24, 2.45) is 5.92 Å². The third-order valence-electron chi connectivity index (χ3n) is 3.25. The highest BCUT2D eigenvalue weighted by Crippen LogP contribution is 2.11. The van der Waals surface area contributed by atoms with Gasteiger partial charge in [0.1, 0.15) is 5.82 Å². The first-order valence-electron chi connectivity index (χ1n) is 6.69. The molecule has 0 saturated carbocycles. The molecule has 0 bridgehead atoms. The fourth-order valence-electron chi connectivity index (χ4n) is 2.08. The van der Waals surface area contributed by atoms with Gasteiger partial charge in [-0.05, 0) is 50.2 Å². The molecule has 3 amide bonds. The molecular weight excluding hydrogens is 277 g/mol. The van der Waals surface area contributed by atoms with Gasteiger partial charge in [-0.1, -0.05) is 0 Å². The number of carbonyl (C=O) groups excluding carboxylic acids is 3. The van der Waals surface area contributed by atoms with Gasteiger partial charge in [0.25, 0.3) is 0 Å². The van der Waals surface area contributed by atoms with E-state index in [2.05, 4.69) is 16.0 Å². The Morgan fingerprint density at radius 2 is 1.67 bits per heavy atom. The average Bonchev–Trinajstić information content (AvgIpc) is 2.50. The Hall–Kier alpha value is -2.28. The van der Waals surface area contributed by atoms with E-state index in [1.165, 1.54) is 12.1 Å². The predicted molar refractivity (Wildman–Crippen MR) is 73.8 cm³/mol. The molecule has 7 heteroatoms. The van der Waals surface area contributed by atoms with E-state index in [9.17, 15) is 18.8 Å². The number of carbonyl (C=O) groups is 3. The van der Waals surface area contributed by atoms with Crippen LogP contribution in [0.2, 0.25) is 0 Å². The van der Waals surface area contributed by atoms with E-state index in [-0.39, 0.29) is 11.6 Å². The summed E-state index contributed by atoms with van der Waals surface area (Å²) < 4.78 is 12.7. The van der Waals surface area contributed by atoms with Crippen LogP contribution < -0.4 is 16.0 Å². The molecule has 3 N–H and O–H groups in total. The van der Waals surface area contributed by atoms with Crippen molar-refractivity contribution >= 4 is 23.4 Å².